The average molecular weight is 185 g/mol. The standard InChI is InChI=1S/C10H19NO2/c1-8-4-5-11-10(13-8)6-9(2,3)12-7-10/h8,11H,4-7H2,1-3H3. The molecule has 2 aliphatic heterocycles. The summed E-state index contributed by atoms with van der Waals surface area (Å²) in [5.74, 6) is 0. The molecule has 13 heavy (non-hydrogen) atoms. The zero-order valence-corrected chi connectivity index (χ0v) is 8.72. The largest absolute Gasteiger partial charge is 0.371 e. The summed E-state index contributed by atoms with van der Waals surface area (Å²) in [6.45, 7) is 8.09. The van der Waals surface area contributed by atoms with Gasteiger partial charge in [-0.15, -0.1) is 0 Å². The highest BCUT2D eigenvalue weighted by atomic mass is 16.6. The predicted octanol–water partition coefficient (Wildman–Crippen LogP) is 1.28. The summed E-state index contributed by atoms with van der Waals surface area (Å²) in [4.78, 5) is 0. The van der Waals surface area contributed by atoms with Crippen molar-refractivity contribution in [3.8, 4) is 0 Å². The Kier molecular flexibility index (Phi) is 2.13. The van der Waals surface area contributed by atoms with E-state index in [-0.39, 0.29) is 11.3 Å². The van der Waals surface area contributed by atoms with Gasteiger partial charge in [0.05, 0.1) is 18.3 Å². The minimum atomic E-state index is -0.193. The Labute approximate surface area is 79.8 Å². The van der Waals surface area contributed by atoms with Gasteiger partial charge in [-0.05, 0) is 27.2 Å². The topological polar surface area (TPSA) is 30.5 Å². The lowest BCUT2D eigenvalue weighted by Crippen LogP contribution is -2.55. The number of nitrogens with one attached hydrogen (secondary N) is 1. The van der Waals surface area contributed by atoms with Crippen LogP contribution in [0.15, 0.2) is 0 Å². The Balaban J connectivity index is 2.05. The van der Waals surface area contributed by atoms with E-state index in [2.05, 4.69) is 26.1 Å². The molecule has 0 aliphatic carbocycles. The van der Waals surface area contributed by atoms with Crippen LogP contribution in [-0.4, -0.2) is 30.6 Å². The molecule has 2 aliphatic rings. The van der Waals surface area contributed by atoms with Gasteiger partial charge in [0.15, 0.2) is 0 Å². The second-order valence-electron chi connectivity index (χ2n) is 4.86. The van der Waals surface area contributed by atoms with Gasteiger partial charge in [0.25, 0.3) is 0 Å². The molecule has 0 amide bonds. The highest BCUT2D eigenvalue weighted by molar-refractivity contribution is 4.95. The van der Waals surface area contributed by atoms with Crippen LogP contribution in [0.3, 0.4) is 0 Å². The van der Waals surface area contributed by atoms with Crippen LogP contribution in [0.25, 0.3) is 0 Å². The third-order valence-electron chi connectivity index (χ3n) is 2.83. The van der Waals surface area contributed by atoms with Gasteiger partial charge in [-0.1, -0.05) is 0 Å². The second-order valence-corrected chi connectivity index (χ2v) is 4.86. The van der Waals surface area contributed by atoms with Crippen LogP contribution in [0.2, 0.25) is 0 Å². The molecule has 0 saturated carbocycles. The molecule has 1 spiro atoms. The monoisotopic (exact) mass is 185 g/mol. The van der Waals surface area contributed by atoms with Crippen molar-refractivity contribution in [3.05, 3.63) is 0 Å². The number of hydrogen-bond donors (Lipinski definition) is 1. The minimum Gasteiger partial charge on any atom is -0.371 e. The van der Waals surface area contributed by atoms with Crippen LogP contribution in [0, 0.1) is 0 Å². The molecule has 0 aromatic carbocycles. The first kappa shape index (κ1) is 9.44. The number of rotatable bonds is 0. The fraction of sp³-hybridized carbons (Fsp3) is 1.00. The van der Waals surface area contributed by atoms with Crippen molar-refractivity contribution >= 4 is 0 Å². The molecule has 0 aromatic rings. The molecular formula is C10H19NO2. The Bertz CT molecular complexity index is 205. The number of hydrogen-bond acceptors (Lipinski definition) is 3. The van der Waals surface area contributed by atoms with Crippen molar-refractivity contribution in [1.82, 2.24) is 5.32 Å². The maximum atomic E-state index is 5.93. The van der Waals surface area contributed by atoms with Crippen molar-refractivity contribution in [2.45, 2.75) is 51.0 Å². The molecule has 0 aromatic heterocycles. The van der Waals surface area contributed by atoms with Gasteiger partial charge in [-0.25, -0.2) is 0 Å². The molecule has 0 bridgehead atoms. The lowest BCUT2D eigenvalue weighted by molar-refractivity contribution is -0.134. The Hall–Kier alpha value is -0.120. The zero-order chi connectivity index (χ0) is 9.53. The molecule has 2 atom stereocenters. The van der Waals surface area contributed by atoms with E-state index in [0.717, 1.165) is 19.4 Å². The summed E-state index contributed by atoms with van der Waals surface area (Å²) in [5, 5.41) is 3.43. The average Bonchev–Trinajstić information content (AvgIpc) is 2.26. The summed E-state index contributed by atoms with van der Waals surface area (Å²) in [6, 6.07) is 0. The van der Waals surface area contributed by atoms with E-state index in [9.17, 15) is 0 Å². The van der Waals surface area contributed by atoms with E-state index >= 15 is 0 Å². The summed E-state index contributed by atoms with van der Waals surface area (Å²) in [6.07, 6.45) is 2.41. The molecule has 1 N–H and O–H groups in total. The van der Waals surface area contributed by atoms with E-state index in [0.29, 0.717) is 12.7 Å². The second kappa shape index (κ2) is 2.94. The molecule has 0 radical (unpaired) electrons. The van der Waals surface area contributed by atoms with E-state index in [4.69, 9.17) is 9.47 Å². The highest BCUT2D eigenvalue weighted by Gasteiger charge is 2.47. The van der Waals surface area contributed by atoms with Gasteiger partial charge < -0.3 is 9.47 Å². The maximum absolute atomic E-state index is 5.93. The molecule has 2 saturated heterocycles. The van der Waals surface area contributed by atoms with Crippen molar-refractivity contribution in [2.75, 3.05) is 13.2 Å². The first-order valence-corrected chi connectivity index (χ1v) is 5.08. The fourth-order valence-electron chi connectivity index (χ4n) is 2.28. The third-order valence-corrected chi connectivity index (χ3v) is 2.83. The van der Waals surface area contributed by atoms with E-state index < -0.39 is 0 Å². The Morgan fingerprint density at radius 2 is 2.15 bits per heavy atom. The zero-order valence-electron chi connectivity index (χ0n) is 8.72. The van der Waals surface area contributed by atoms with Gasteiger partial charge >= 0.3 is 0 Å². The molecule has 2 rings (SSSR count). The van der Waals surface area contributed by atoms with E-state index in [1.807, 2.05) is 0 Å². The van der Waals surface area contributed by atoms with Crippen LogP contribution in [0.1, 0.15) is 33.6 Å². The highest BCUT2D eigenvalue weighted by Crippen LogP contribution is 2.35. The van der Waals surface area contributed by atoms with Gasteiger partial charge in [0, 0.05) is 13.0 Å². The quantitative estimate of drug-likeness (QED) is 0.616. The Morgan fingerprint density at radius 1 is 1.38 bits per heavy atom. The molecule has 2 heterocycles. The molecular weight excluding hydrogens is 166 g/mol. The van der Waals surface area contributed by atoms with Crippen molar-refractivity contribution in [2.24, 2.45) is 0 Å². The predicted molar refractivity (Wildman–Crippen MR) is 50.5 cm³/mol. The van der Waals surface area contributed by atoms with Crippen LogP contribution >= 0.6 is 0 Å². The third kappa shape index (κ3) is 1.87. The van der Waals surface area contributed by atoms with Gasteiger partial charge in [0.1, 0.15) is 5.72 Å². The van der Waals surface area contributed by atoms with Gasteiger partial charge in [-0.3, -0.25) is 5.32 Å². The first-order valence-electron chi connectivity index (χ1n) is 5.08. The maximum Gasteiger partial charge on any atom is 0.145 e. The molecule has 2 unspecified atom stereocenters. The number of ether oxygens (including phenoxy) is 2. The molecule has 76 valence electrons. The summed E-state index contributed by atoms with van der Waals surface area (Å²) < 4.78 is 11.6. The van der Waals surface area contributed by atoms with Crippen LogP contribution in [-0.2, 0) is 9.47 Å². The van der Waals surface area contributed by atoms with Crippen molar-refractivity contribution in [3.63, 3.8) is 0 Å². The van der Waals surface area contributed by atoms with Gasteiger partial charge in [-0.2, -0.15) is 0 Å². The van der Waals surface area contributed by atoms with E-state index in [1.54, 1.807) is 0 Å². The Morgan fingerprint density at radius 3 is 2.69 bits per heavy atom. The lowest BCUT2D eigenvalue weighted by atomic mass is 9.98. The smallest absolute Gasteiger partial charge is 0.145 e. The normalized spacial score (nSPS) is 44.1. The van der Waals surface area contributed by atoms with Crippen LogP contribution < -0.4 is 5.32 Å². The molecule has 2 fully saturated rings. The van der Waals surface area contributed by atoms with Crippen LogP contribution in [0.4, 0.5) is 0 Å². The summed E-state index contributed by atoms with van der Waals surface area (Å²) in [7, 11) is 0. The van der Waals surface area contributed by atoms with Crippen LogP contribution in [0.5, 0.6) is 0 Å². The van der Waals surface area contributed by atoms with Crippen molar-refractivity contribution in [1.29, 1.82) is 0 Å². The summed E-state index contributed by atoms with van der Waals surface area (Å²) in [5.41, 5.74) is -0.231. The first-order chi connectivity index (χ1) is 6.02. The van der Waals surface area contributed by atoms with E-state index in [1.165, 1.54) is 0 Å². The lowest BCUT2D eigenvalue weighted by Gasteiger charge is -2.37. The fourth-order valence-corrected chi connectivity index (χ4v) is 2.28. The van der Waals surface area contributed by atoms with Gasteiger partial charge in [0.2, 0.25) is 0 Å². The summed E-state index contributed by atoms with van der Waals surface area (Å²) >= 11 is 0. The minimum absolute atomic E-state index is 0.0376. The SMILES string of the molecule is CC1CCNC2(COC(C)(C)C2)O1. The van der Waals surface area contributed by atoms with Crippen molar-refractivity contribution < 1.29 is 9.47 Å². The molecule has 3 heteroatoms. The molecule has 3 nitrogen and oxygen atoms in total.